The van der Waals surface area contributed by atoms with Gasteiger partial charge in [-0.15, -0.1) is 0 Å². The second-order valence-electron chi connectivity index (χ2n) is 7.41. The summed E-state index contributed by atoms with van der Waals surface area (Å²) in [6, 6.07) is -0.179. The van der Waals surface area contributed by atoms with Crippen LogP contribution in [-0.2, 0) is 11.2 Å². The summed E-state index contributed by atoms with van der Waals surface area (Å²) in [5.41, 5.74) is 6.92. The largest absolute Gasteiger partial charge is 0.352 e. The third-order valence-electron chi connectivity index (χ3n) is 5.77. The lowest BCUT2D eigenvalue weighted by molar-refractivity contribution is -0.123. The molecule has 3 rings (SSSR count). The second kappa shape index (κ2) is 7.95. The first-order chi connectivity index (χ1) is 11.2. The van der Waals surface area contributed by atoms with Gasteiger partial charge in [0.2, 0.25) is 5.91 Å². The summed E-state index contributed by atoms with van der Waals surface area (Å²) in [7, 11) is 0. The number of carbonyl (C=O) groups is 1. The van der Waals surface area contributed by atoms with Crippen LogP contribution in [0.15, 0.2) is 12.5 Å². The Morgan fingerprint density at radius 1 is 1.17 bits per heavy atom. The molecule has 1 heterocycles. The first-order valence-electron chi connectivity index (χ1n) is 9.25. The Kier molecular flexibility index (Phi) is 5.70. The number of carbonyl (C=O) groups excluding carboxylic acids is 1. The molecule has 2 aliphatic carbocycles. The van der Waals surface area contributed by atoms with Crippen LogP contribution in [0.3, 0.4) is 0 Å². The minimum absolute atomic E-state index is 0.0271. The minimum Gasteiger partial charge on any atom is -0.352 e. The van der Waals surface area contributed by atoms with Crippen LogP contribution in [0, 0.1) is 11.8 Å². The van der Waals surface area contributed by atoms with Gasteiger partial charge in [-0.3, -0.25) is 4.79 Å². The number of nitrogens with one attached hydrogen (secondary N) is 2. The van der Waals surface area contributed by atoms with Crippen molar-refractivity contribution in [1.82, 2.24) is 15.3 Å². The topological polar surface area (TPSA) is 83.8 Å². The molecule has 5 nitrogen and oxygen atoms in total. The Bertz CT molecular complexity index is 473. The number of imidazole rings is 1. The average molecular weight is 318 g/mol. The van der Waals surface area contributed by atoms with Crippen molar-refractivity contribution in [3.63, 3.8) is 0 Å². The van der Waals surface area contributed by atoms with Gasteiger partial charge in [0, 0.05) is 24.4 Å². The van der Waals surface area contributed by atoms with E-state index < -0.39 is 6.04 Å². The molecule has 2 saturated carbocycles. The van der Waals surface area contributed by atoms with Crippen molar-refractivity contribution in [3.8, 4) is 0 Å². The number of H-pyrrole nitrogens is 1. The zero-order chi connectivity index (χ0) is 16.1. The fourth-order valence-electron chi connectivity index (χ4n) is 4.37. The molecule has 23 heavy (non-hydrogen) atoms. The molecule has 0 aromatic carbocycles. The Morgan fingerprint density at radius 3 is 2.52 bits per heavy atom. The molecule has 128 valence electrons. The number of aromatic nitrogens is 2. The predicted molar refractivity (Wildman–Crippen MR) is 90.7 cm³/mol. The summed E-state index contributed by atoms with van der Waals surface area (Å²) in [5.74, 6) is 1.81. The molecular formula is C18H30N4O. The first kappa shape index (κ1) is 16.5. The van der Waals surface area contributed by atoms with Gasteiger partial charge < -0.3 is 16.0 Å². The van der Waals surface area contributed by atoms with Crippen LogP contribution in [-0.4, -0.2) is 28.0 Å². The lowest BCUT2D eigenvalue weighted by Crippen LogP contribution is -2.47. The third-order valence-corrected chi connectivity index (χ3v) is 5.77. The maximum atomic E-state index is 12.3. The lowest BCUT2D eigenvalue weighted by atomic mass is 9.72. The summed E-state index contributed by atoms with van der Waals surface area (Å²) in [6.45, 7) is 0. The van der Waals surface area contributed by atoms with E-state index in [0.29, 0.717) is 12.5 Å². The number of aromatic amines is 1. The van der Waals surface area contributed by atoms with E-state index in [0.717, 1.165) is 30.4 Å². The first-order valence-corrected chi connectivity index (χ1v) is 9.25. The highest BCUT2D eigenvalue weighted by Crippen LogP contribution is 2.38. The van der Waals surface area contributed by atoms with Crippen molar-refractivity contribution >= 4 is 5.91 Å². The Hall–Kier alpha value is -1.36. The smallest absolute Gasteiger partial charge is 0.237 e. The number of hydrogen-bond acceptors (Lipinski definition) is 3. The zero-order valence-corrected chi connectivity index (χ0v) is 14.0. The molecule has 0 aliphatic heterocycles. The molecule has 2 aliphatic rings. The zero-order valence-electron chi connectivity index (χ0n) is 14.0. The van der Waals surface area contributed by atoms with Crippen molar-refractivity contribution in [2.24, 2.45) is 17.6 Å². The fourth-order valence-corrected chi connectivity index (χ4v) is 4.37. The van der Waals surface area contributed by atoms with Gasteiger partial charge in [-0.1, -0.05) is 32.1 Å². The van der Waals surface area contributed by atoms with Gasteiger partial charge in [-0.05, 0) is 37.5 Å². The molecule has 0 saturated heterocycles. The average Bonchev–Trinajstić information content (AvgIpc) is 3.09. The van der Waals surface area contributed by atoms with Crippen LogP contribution < -0.4 is 11.1 Å². The molecule has 2 fully saturated rings. The van der Waals surface area contributed by atoms with Crippen LogP contribution >= 0.6 is 0 Å². The van der Waals surface area contributed by atoms with E-state index in [2.05, 4.69) is 15.3 Å². The monoisotopic (exact) mass is 318 g/mol. The number of rotatable bonds is 5. The highest BCUT2D eigenvalue weighted by molar-refractivity contribution is 5.82. The number of nitrogens with zero attached hydrogens (tertiary/aromatic N) is 1. The summed E-state index contributed by atoms with van der Waals surface area (Å²) < 4.78 is 0. The molecule has 0 radical (unpaired) electrons. The minimum atomic E-state index is -0.494. The SMILES string of the molecule is N[C@@H](Cc1cnc[nH]1)C(=O)NC1CCC(C2CCCCC2)CC1. The van der Waals surface area contributed by atoms with E-state index in [1.54, 1.807) is 12.5 Å². The standard InChI is InChI=1S/C18H30N4O/c19-17(10-16-11-20-12-21-16)18(23)22-15-8-6-14(7-9-15)13-4-2-1-3-5-13/h11-15,17H,1-10,19H2,(H,20,21)(H,22,23)/t14?,15?,17-/m0/s1. The Morgan fingerprint density at radius 2 is 1.87 bits per heavy atom. The van der Waals surface area contributed by atoms with Gasteiger partial charge in [0.05, 0.1) is 12.4 Å². The highest BCUT2D eigenvalue weighted by Gasteiger charge is 2.29. The van der Waals surface area contributed by atoms with Crippen molar-refractivity contribution in [1.29, 1.82) is 0 Å². The Balaban J connectivity index is 1.40. The highest BCUT2D eigenvalue weighted by atomic mass is 16.2. The van der Waals surface area contributed by atoms with Crippen molar-refractivity contribution in [3.05, 3.63) is 18.2 Å². The van der Waals surface area contributed by atoms with Gasteiger partial charge >= 0.3 is 0 Å². The third kappa shape index (κ3) is 4.56. The van der Waals surface area contributed by atoms with Gasteiger partial charge in [-0.2, -0.15) is 0 Å². The number of hydrogen-bond donors (Lipinski definition) is 3. The van der Waals surface area contributed by atoms with Crippen molar-refractivity contribution in [2.45, 2.75) is 76.3 Å². The number of amides is 1. The predicted octanol–water partition coefficient (Wildman–Crippen LogP) is 2.53. The van der Waals surface area contributed by atoms with E-state index in [9.17, 15) is 4.79 Å². The lowest BCUT2D eigenvalue weighted by Gasteiger charge is -2.36. The summed E-state index contributed by atoms with van der Waals surface area (Å²) in [4.78, 5) is 19.2. The molecule has 0 unspecified atom stereocenters. The van der Waals surface area contributed by atoms with Gasteiger partial charge in [0.1, 0.15) is 0 Å². The summed E-state index contributed by atoms with van der Waals surface area (Å²) in [6.07, 6.45) is 15.7. The molecule has 1 atom stereocenters. The van der Waals surface area contributed by atoms with Crippen LogP contribution in [0.2, 0.25) is 0 Å². The van der Waals surface area contributed by atoms with Crippen LogP contribution in [0.4, 0.5) is 0 Å². The molecule has 0 bridgehead atoms. The fraction of sp³-hybridized carbons (Fsp3) is 0.778. The molecule has 1 aromatic heterocycles. The molecule has 5 heteroatoms. The van der Waals surface area contributed by atoms with Gasteiger partial charge in [0.15, 0.2) is 0 Å². The van der Waals surface area contributed by atoms with E-state index in [-0.39, 0.29) is 5.91 Å². The quantitative estimate of drug-likeness (QED) is 0.780. The number of nitrogens with two attached hydrogens (primary N) is 1. The van der Waals surface area contributed by atoms with E-state index in [1.165, 1.54) is 44.9 Å². The molecule has 1 aromatic rings. The molecule has 1 amide bonds. The Labute approximate surface area is 138 Å². The van der Waals surface area contributed by atoms with E-state index >= 15 is 0 Å². The maximum Gasteiger partial charge on any atom is 0.237 e. The van der Waals surface area contributed by atoms with Gasteiger partial charge in [-0.25, -0.2) is 4.98 Å². The van der Waals surface area contributed by atoms with Crippen LogP contribution in [0.5, 0.6) is 0 Å². The van der Waals surface area contributed by atoms with E-state index in [1.807, 2.05) is 0 Å². The van der Waals surface area contributed by atoms with E-state index in [4.69, 9.17) is 5.73 Å². The molecular weight excluding hydrogens is 288 g/mol. The normalized spacial score (nSPS) is 27.5. The van der Waals surface area contributed by atoms with Crippen LogP contribution in [0.25, 0.3) is 0 Å². The molecule has 0 spiro atoms. The van der Waals surface area contributed by atoms with Crippen LogP contribution in [0.1, 0.15) is 63.5 Å². The molecule has 4 N–H and O–H groups in total. The summed E-state index contributed by atoms with van der Waals surface area (Å²) in [5, 5.41) is 3.16. The maximum absolute atomic E-state index is 12.3. The van der Waals surface area contributed by atoms with Crippen molar-refractivity contribution < 1.29 is 4.79 Å². The van der Waals surface area contributed by atoms with Crippen molar-refractivity contribution in [2.75, 3.05) is 0 Å². The van der Waals surface area contributed by atoms with Gasteiger partial charge in [0.25, 0.3) is 0 Å². The second-order valence-corrected chi connectivity index (χ2v) is 7.41. The summed E-state index contributed by atoms with van der Waals surface area (Å²) >= 11 is 0.